The van der Waals surface area contributed by atoms with Crippen LogP contribution in [-0.2, 0) is 14.6 Å². The SMILES string of the molecule is CS(=O)(=O)CC(=O)C1CCNC1. The van der Waals surface area contributed by atoms with Crippen LogP contribution in [0.3, 0.4) is 0 Å². The van der Waals surface area contributed by atoms with Crippen LogP contribution < -0.4 is 5.32 Å². The molecule has 0 bridgehead atoms. The number of hydrogen-bond donors (Lipinski definition) is 1. The molecule has 5 heteroatoms. The average Bonchev–Trinajstić information content (AvgIpc) is 2.32. The van der Waals surface area contributed by atoms with E-state index in [4.69, 9.17) is 0 Å². The van der Waals surface area contributed by atoms with Crippen LogP contribution in [0.25, 0.3) is 0 Å². The van der Waals surface area contributed by atoms with Crippen molar-refractivity contribution in [3.63, 3.8) is 0 Å². The number of carbonyl (C=O) groups excluding carboxylic acids is 1. The Morgan fingerprint density at radius 3 is 2.67 bits per heavy atom. The van der Waals surface area contributed by atoms with Crippen LogP contribution in [-0.4, -0.2) is 39.3 Å². The minimum absolute atomic E-state index is 0.0836. The van der Waals surface area contributed by atoms with Crippen LogP contribution in [0.15, 0.2) is 0 Å². The molecular weight excluding hydrogens is 178 g/mol. The Morgan fingerprint density at radius 2 is 2.25 bits per heavy atom. The van der Waals surface area contributed by atoms with Crippen molar-refractivity contribution in [1.82, 2.24) is 5.32 Å². The van der Waals surface area contributed by atoms with Crippen molar-refractivity contribution in [3.05, 3.63) is 0 Å². The van der Waals surface area contributed by atoms with Gasteiger partial charge in [0, 0.05) is 18.7 Å². The van der Waals surface area contributed by atoms with Crippen molar-refractivity contribution in [2.45, 2.75) is 6.42 Å². The zero-order chi connectivity index (χ0) is 9.19. The molecule has 1 atom stereocenters. The predicted octanol–water partition coefficient (Wildman–Crippen LogP) is -0.790. The van der Waals surface area contributed by atoms with Crippen LogP contribution in [0.1, 0.15) is 6.42 Å². The lowest BCUT2D eigenvalue weighted by molar-refractivity contribution is -0.119. The normalized spacial score (nSPS) is 24.2. The van der Waals surface area contributed by atoms with Crippen LogP contribution in [0.2, 0.25) is 0 Å². The Balaban J connectivity index is 2.48. The van der Waals surface area contributed by atoms with Gasteiger partial charge in [-0.3, -0.25) is 4.79 Å². The number of ketones is 1. The Kier molecular flexibility index (Phi) is 2.85. The monoisotopic (exact) mass is 191 g/mol. The molecule has 0 spiro atoms. The highest BCUT2D eigenvalue weighted by Crippen LogP contribution is 2.09. The zero-order valence-corrected chi connectivity index (χ0v) is 7.86. The summed E-state index contributed by atoms with van der Waals surface area (Å²) in [5.74, 6) is -0.540. The van der Waals surface area contributed by atoms with Crippen LogP contribution in [0.4, 0.5) is 0 Å². The summed E-state index contributed by atoms with van der Waals surface area (Å²) >= 11 is 0. The average molecular weight is 191 g/mol. The van der Waals surface area contributed by atoms with E-state index in [-0.39, 0.29) is 17.5 Å². The van der Waals surface area contributed by atoms with Crippen molar-refractivity contribution < 1.29 is 13.2 Å². The van der Waals surface area contributed by atoms with Gasteiger partial charge < -0.3 is 5.32 Å². The molecule has 0 aliphatic carbocycles. The lowest BCUT2D eigenvalue weighted by Crippen LogP contribution is -2.24. The van der Waals surface area contributed by atoms with E-state index in [0.717, 1.165) is 19.2 Å². The lowest BCUT2D eigenvalue weighted by atomic mass is 10.1. The summed E-state index contributed by atoms with van der Waals surface area (Å²) in [7, 11) is -3.14. The van der Waals surface area contributed by atoms with Gasteiger partial charge in [0.25, 0.3) is 0 Å². The maximum Gasteiger partial charge on any atom is 0.154 e. The second-order valence-electron chi connectivity index (χ2n) is 3.23. The minimum Gasteiger partial charge on any atom is -0.316 e. The molecule has 0 amide bonds. The first-order valence-electron chi connectivity index (χ1n) is 3.90. The molecule has 4 nitrogen and oxygen atoms in total. The molecule has 1 heterocycles. The highest BCUT2D eigenvalue weighted by atomic mass is 32.2. The van der Waals surface area contributed by atoms with E-state index in [1.807, 2.05) is 0 Å². The Morgan fingerprint density at radius 1 is 1.58 bits per heavy atom. The van der Waals surface area contributed by atoms with E-state index in [9.17, 15) is 13.2 Å². The Bertz CT molecular complexity index is 264. The topological polar surface area (TPSA) is 63.2 Å². The van der Waals surface area contributed by atoms with E-state index in [0.29, 0.717) is 6.54 Å². The lowest BCUT2D eigenvalue weighted by Gasteiger charge is -2.04. The number of carbonyl (C=O) groups is 1. The maximum atomic E-state index is 11.2. The van der Waals surface area contributed by atoms with Gasteiger partial charge in [0.15, 0.2) is 15.6 Å². The fourth-order valence-electron chi connectivity index (χ4n) is 1.31. The number of hydrogen-bond acceptors (Lipinski definition) is 4. The number of nitrogens with one attached hydrogen (secondary N) is 1. The molecule has 12 heavy (non-hydrogen) atoms. The molecule has 0 aromatic heterocycles. The third kappa shape index (κ3) is 2.91. The molecular formula is C7H13NO3S. The van der Waals surface area contributed by atoms with Gasteiger partial charge in [0.1, 0.15) is 5.75 Å². The van der Waals surface area contributed by atoms with Crippen LogP contribution >= 0.6 is 0 Å². The van der Waals surface area contributed by atoms with E-state index < -0.39 is 9.84 Å². The number of Topliss-reactive ketones (excluding diaryl/α,β-unsaturated/α-hetero) is 1. The molecule has 1 fully saturated rings. The van der Waals surface area contributed by atoms with Gasteiger partial charge >= 0.3 is 0 Å². The maximum absolute atomic E-state index is 11.2. The van der Waals surface area contributed by atoms with Crippen molar-refractivity contribution >= 4 is 15.6 Å². The third-order valence-corrected chi connectivity index (χ3v) is 2.73. The fraction of sp³-hybridized carbons (Fsp3) is 0.857. The molecule has 1 aliphatic rings. The quantitative estimate of drug-likeness (QED) is 0.635. The summed E-state index contributed by atoms with van der Waals surface area (Å²) in [6.07, 6.45) is 1.86. The molecule has 0 aromatic carbocycles. The van der Waals surface area contributed by atoms with Gasteiger partial charge in [-0.15, -0.1) is 0 Å². The number of sulfone groups is 1. The number of rotatable bonds is 3. The summed E-state index contributed by atoms with van der Waals surface area (Å²) in [5.41, 5.74) is 0. The molecule has 1 saturated heterocycles. The van der Waals surface area contributed by atoms with Gasteiger partial charge in [-0.1, -0.05) is 0 Å². The molecule has 0 aromatic rings. The van der Waals surface area contributed by atoms with Crippen molar-refractivity contribution in [1.29, 1.82) is 0 Å². The summed E-state index contributed by atoms with van der Waals surface area (Å²) in [6, 6.07) is 0. The van der Waals surface area contributed by atoms with E-state index in [2.05, 4.69) is 5.32 Å². The Labute approximate surface area is 72.3 Å². The highest BCUT2D eigenvalue weighted by Gasteiger charge is 2.24. The van der Waals surface area contributed by atoms with Crippen molar-refractivity contribution in [2.75, 3.05) is 25.1 Å². The molecule has 1 unspecified atom stereocenters. The summed E-state index contributed by atoms with van der Waals surface area (Å²) in [6.45, 7) is 1.45. The fourth-order valence-corrected chi connectivity index (χ4v) is 2.06. The first-order chi connectivity index (χ1) is 5.49. The zero-order valence-electron chi connectivity index (χ0n) is 7.04. The van der Waals surface area contributed by atoms with Crippen LogP contribution in [0, 0.1) is 5.92 Å². The van der Waals surface area contributed by atoms with E-state index in [1.54, 1.807) is 0 Å². The van der Waals surface area contributed by atoms with Gasteiger partial charge in [-0.05, 0) is 13.0 Å². The molecule has 0 radical (unpaired) electrons. The highest BCUT2D eigenvalue weighted by molar-refractivity contribution is 7.91. The molecule has 1 rings (SSSR count). The second-order valence-corrected chi connectivity index (χ2v) is 5.37. The molecule has 70 valence electrons. The Hall–Kier alpha value is -0.420. The van der Waals surface area contributed by atoms with Crippen LogP contribution in [0.5, 0.6) is 0 Å². The molecule has 1 aliphatic heterocycles. The van der Waals surface area contributed by atoms with E-state index >= 15 is 0 Å². The standard InChI is InChI=1S/C7H13NO3S/c1-12(10,11)5-7(9)6-2-3-8-4-6/h6,8H,2-5H2,1H3. The smallest absolute Gasteiger partial charge is 0.154 e. The van der Waals surface area contributed by atoms with Crippen molar-refractivity contribution in [2.24, 2.45) is 5.92 Å². The molecule has 1 N–H and O–H groups in total. The first-order valence-corrected chi connectivity index (χ1v) is 5.96. The molecule has 0 saturated carbocycles. The van der Waals surface area contributed by atoms with Gasteiger partial charge in [-0.25, -0.2) is 8.42 Å². The van der Waals surface area contributed by atoms with E-state index in [1.165, 1.54) is 0 Å². The summed E-state index contributed by atoms with van der Waals surface area (Å²) < 4.78 is 21.5. The van der Waals surface area contributed by atoms with Gasteiger partial charge in [0.2, 0.25) is 0 Å². The summed E-state index contributed by atoms with van der Waals surface area (Å²) in [4.78, 5) is 11.2. The minimum atomic E-state index is -3.14. The third-order valence-electron chi connectivity index (χ3n) is 1.92. The second kappa shape index (κ2) is 3.53. The van der Waals surface area contributed by atoms with Crippen molar-refractivity contribution in [3.8, 4) is 0 Å². The summed E-state index contributed by atoms with van der Waals surface area (Å²) in [5, 5.41) is 3.02. The predicted molar refractivity (Wildman–Crippen MR) is 45.7 cm³/mol. The van der Waals surface area contributed by atoms with Gasteiger partial charge in [-0.2, -0.15) is 0 Å². The van der Waals surface area contributed by atoms with Gasteiger partial charge in [0.05, 0.1) is 0 Å². The first kappa shape index (κ1) is 9.67. The largest absolute Gasteiger partial charge is 0.316 e.